The smallest absolute Gasteiger partial charge is 0.316 e. The monoisotopic (exact) mass is 328 g/mol. The van der Waals surface area contributed by atoms with Crippen molar-refractivity contribution in [1.82, 2.24) is 0 Å². The van der Waals surface area contributed by atoms with Gasteiger partial charge in [0.05, 0.1) is 19.1 Å². The predicted molar refractivity (Wildman–Crippen MR) is 78.5 cm³/mol. The van der Waals surface area contributed by atoms with E-state index in [0.29, 0.717) is 5.75 Å². The fourth-order valence-corrected chi connectivity index (χ4v) is 2.52. The molecule has 0 radical (unpaired) electrons. The molecule has 118 valence electrons. The van der Waals surface area contributed by atoms with Gasteiger partial charge in [-0.15, -0.1) is 0 Å². The summed E-state index contributed by atoms with van der Waals surface area (Å²) in [4.78, 5) is -0.185. The zero-order valence-corrected chi connectivity index (χ0v) is 12.7. The molecule has 2 aromatic carbocycles. The maximum atomic E-state index is 12.9. The van der Waals surface area contributed by atoms with Gasteiger partial charge >= 0.3 is 5.76 Å². The van der Waals surface area contributed by atoms with E-state index in [9.17, 15) is 13.0 Å². The average Bonchev–Trinajstić information content (AvgIpc) is 2.55. The summed E-state index contributed by atoms with van der Waals surface area (Å²) in [5.74, 6) is -2.24. The third-order valence-electron chi connectivity index (χ3n) is 2.79. The quantitative estimate of drug-likeness (QED) is 0.808. The summed E-state index contributed by atoms with van der Waals surface area (Å²) < 4.78 is 53.4. The summed E-state index contributed by atoms with van der Waals surface area (Å²) >= 11 is 0. The van der Waals surface area contributed by atoms with Gasteiger partial charge in [0.2, 0.25) is 0 Å². The number of methoxy groups -OCH3 is 2. The highest BCUT2D eigenvalue weighted by molar-refractivity contribution is 7.85. The van der Waals surface area contributed by atoms with Gasteiger partial charge in [-0.25, -0.2) is 4.21 Å². The molecule has 1 atom stereocenters. The highest BCUT2D eigenvalue weighted by Gasteiger charge is 2.25. The molecular formula is C15H14F2O4S. The van der Waals surface area contributed by atoms with Gasteiger partial charge in [0.1, 0.15) is 22.3 Å². The molecule has 0 bridgehead atoms. The molecule has 1 unspecified atom stereocenters. The minimum Gasteiger partial charge on any atom is -0.497 e. The van der Waals surface area contributed by atoms with Crippen LogP contribution in [0, 0.1) is 0 Å². The summed E-state index contributed by atoms with van der Waals surface area (Å²) in [7, 11) is 0.177. The first-order valence-corrected chi connectivity index (χ1v) is 7.45. The molecule has 0 amide bonds. The van der Waals surface area contributed by atoms with E-state index in [1.165, 1.54) is 26.4 Å². The summed E-state index contributed by atoms with van der Waals surface area (Å²) in [5, 5.41) is 0. The highest BCUT2D eigenvalue weighted by atomic mass is 32.2. The minimum atomic E-state index is -3.05. The third-order valence-corrected chi connectivity index (χ3v) is 3.85. The van der Waals surface area contributed by atoms with E-state index in [-0.39, 0.29) is 22.1 Å². The molecule has 4 nitrogen and oxygen atoms in total. The van der Waals surface area contributed by atoms with Crippen LogP contribution in [-0.4, -0.2) is 24.2 Å². The first kappa shape index (κ1) is 16.2. The zero-order valence-electron chi connectivity index (χ0n) is 11.9. The van der Waals surface area contributed by atoms with Crippen molar-refractivity contribution in [3.8, 4) is 23.0 Å². The highest BCUT2D eigenvalue weighted by Crippen LogP contribution is 2.41. The summed E-state index contributed by atoms with van der Waals surface area (Å²) in [5.41, 5.74) is 0. The molecule has 2 aromatic rings. The Labute approximate surface area is 129 Å². The van der Waals surface area contributed by atoms with Gasteiger partial charge in [-0.2, -0.15) is 8.78 Å². The van der Waals surface area contributed by atoms with E-state index < -0.39 is 16.6 Å². The largest absolute Gasteiger partial charge is 0.497 e. The van der Waals surface area contributed by atoms with E-state index in [1.807, 2.05) is 0 Å². The van der Waals surface area contributed by atoms with E-state index >= 15 is 0 Å². The van der Waals surface area contributed by atoms with Gasteiger partial charge in [0.15, 0.2) is 11.5 Å². The van der Waals surface area contributed by atoms with Crippen molar-refractivity contribution in [3.05, 3.63) is 42.5 Å². The molecule has 0 aromatic heterocycles. The summed E-state index contributed by atoms with van der Waals surface area (Å²) in [6.07, 6.45) is 0. The Hall–Kier alpha value is -2.15. The van der Waals surface area contributed by atoms with Gasteiger partial charge in [-0.1, -0.05) is 18.2 Å². The maximum Gasteiger partial charge on any atom is 0.316 e. The first-order chi connectivity index (χ1) is 10.6. The van der Waals surface area contributed by atoms with E-state index in [1.54, 1.807) is 30.3 Å². The molecule has 0 saturated carbocycles. The molecule has 0 fully saturated rings. The summed E-state index contributed by atoms with van der Waals surface area (Å²) in [6.45, 7) is 0. The molecule has 0 aliphatic rings. The van der Waals surface area contributed by atoms with Gasteiger partial charge in [0.25, 0.3) is 0 Å². The van der Waals surface area contributed by atoms with Crippen molar-refractivity contribution in [2.75, 3.05) is 14.2 Å². The van der Waals surface area contributed by atoms with Gasteiger partial charge < -0.3 is 14.2 Å². The van der Waals surface area contributed by atoms with Crippen LogP contribution in [0.4, 0.5) is 8.78 Å². The molecule has 0 heterocycles. The number of benzene rings is 2. The molecule has 7 heteroatoms. The Morgan fingerprint density at radius 3 is 2.23 bits per heavy atom. The van der Waals surface area contributed by atoms with Crippen molar-refractivity contribution in [3.63, 3.8) is 0 Å². The van der Waals surface area contributed by atoms with Crippen molar-refractivity contribution in [1.29, 1.82) is 0 Å². The van der Waals surface area contributed by atoms with Gasteiger partial charge in [-0.05, 0) is 12.1 Å². The third kappa shape index (κ3) is 3.54. The molecule has 0 spiro atoms. The summed E-state index contributed by atoms with van der Waals surface area (Å²) in [6, 6.07) is 11.3. The van der Waals surface area contributed by atoms with Crippen LogP contribution in [-0.2, 0) is 10.8 Å². The van der Waals surface area contributed by atoms with Crippen molar-refractivity contribution < 1.29 is 27.2 Å². The fourth-order valence-electron chi connectivity index (χ4n) is 1.77. The standard InChI is InChI=1S/C15H14F2O4S/c1-19-11-8-12(20-2)14(13(9-11)22(18)15(16)17)21-10-6-4-3-5-7-10/h3-9,15H,1-2H3. The van der Waals surface area contributed by atoms with Crippen LogP contribution in [0.1, 0.15) is 0 Å². The van der Waals surface area contributed by atoms with Crippen LogP contribution in [0.2, 0.25) is 0 Å². The molecule has 0 N–H and O–H groups in total. The number of ether oxygens (including phenoxy) is 3. The molecule has 0 saturated heterocycles. The number of para-hydroxylation sites is 1. The number of hydrogen-bond donors (Lipinski definition) is 0. The number of hydrogen-bond acceptors (Lipinski definition) is 4. The lowest BCUT2D eigenvalue weighted by Gasteiger charge is -2.16. The average molecular weight is 328 g/mol. The fraction of sp³-hybridized carbons (Fsp3) is 0.200. The van der Waals surface area contributed by atoms with Crippen LogP contribution >= 0.6 is 0 Å². The molecule has 22 heavy (non-hydrogen) atoms. The first-order valence-electron chi connectivity index (χ1n) is 6.24. The van der Waals surface area contributed by atoms with Crippen molar-refractivity contribution in [2.24, 2.45) is 0 Å². The second-order valence-electron chi connectivity index (χ2n) is 4.13. The predicted octanol–water partition coefficient (Wildman–Crippen LogP) is 3.83. The van der Waals surface area contributed by atoms with Crippen LogP contribution < -0.4 is 14.2 Å². The van der Waals surface area contributed by atoms with Crippen molar-refractivity contribution in [2.45, 2.75) is 10.7 Å². The van der Waals surface area contributed by atoms with Crippen LogP contribution in [0.5, 0.6) is 23.0 Å². The van der Waals surface area contributed by atoms with Crippen LogP contribution in [0.3, 0.4) is 0 Å². The number of rotatable bonds is 6. The SMILES string of the molecule is COc1cc(OC)c(Oc2ccccc2)c(S(=O)C(F)F)c1. The Morgan fingerprint density at radius 1 is 1.00 bits per heavy atom. The second-order valence-corrected chi connectivity index (χ2v) is 5.52. The second kappa shape index (κ2) is 7.22. The van der Waals surface area contributed by atoms with Crippen LogP contribution in [0.15, 0.2) is 47.4 Å². The number of alkyl halides is 2. The lowest BCUT2D eigenvalue weighted by atomic mass is 10.3. The lowest BCUT2D eigenvalue weighted by molar-refractivity contribution is 0.243. The molecule has 0 aliphatic heterocycles. The Morgan fingerprint density at radius 2 is 1.68 bits per heavy atom. The van der Waals surface area contributed by atoms with Gasteiger partial charge in [0, 0.05) is 12.1 Å². The van der Waals surface area contributed by atoms with E-state index in [0.717, 1.165) is 0 Å². The van der Waals surface area contributed by atoms with Gasteiger partial charge in [-0.3, -0.25) is 0 Å². The minimum absolute atomic E-state index is 0.0202. The molecular weight excluding hydrogens is 314 g/mol. The van der Waals surface area contributed by atoms with E-state index in [2.05, 4.69) is 0 Å². The lowest BCUT2D eigenvalue weighted by Crippen LogP contribution is -2.06. The molecule has 2 rings (SSSR count). The maximum absolute atomic E-state index is 12.9. The Balaban J connectivity index is 2.55. The van der Waals surface area contributed by atoms with Crippen LogP contribution in [0.25, 0.3) is 0 Å². The normalized spacial score (nSPS) is 12.0. The molecule has 0 aliphatic carbocycles. The number of halogens is 2. The van der Waals surface area contributed by atoms with E-state index in [4.69, 9.17) is 14.2 Å². The Bertz CT molecular complexity index is 662. The van der Waals surface area contributed by atoms with Crippen molar-refractivity contribution >= 4 is 10.8 Å². The zero-order chi connectivity index (χ0) is 16.1. The Kier molecular flexibility index (Phi) is 5.32. The topological polar surface area (TPSA) is 44.8 Å².